The summed E-state index contributed by atoms with van der Waals surface area (Å²) < 4.78 is 0.788. The van der Waals surface area contributed by atoms with Crippen LogP contribution in [0.4, 0.5) is 16.5 Å². The van der Waals surface area contributed by atoms with E-state index in [1.807, 2.05) is 6.92 Å². The molecule has 0 radical (unpaired) electrons. The average molecular weight is 484 g/mol. The van der Waals surface area contributed by atoms with Gasteiger partial charge in [-0.25, -0.2) is 4.98 Å². The van der Waals surface area contributed by atoms with Crippen LogP contribution in [0, 0.1) is 27.2 Å². The third-order valence-corrected chi connectivity index (χ3v) is 6.28. The molecule has 0 spiro atoms. The maximum Gasteiger partial charge on any atom is 0.277 e. The number of rotatable bonds is 6. The number of aryl methyl sites for hydroxylation is 1. The third-order valence-electron chi connectivity index (χ3n) is 4.83. The molecular formula is C21H14ClN5O5S. The first-order valence-electron chi connectivity index (χ1n) is 9.46. The molecule has 0 aliphatic rings. The Morgan fingerprint density at radius 3 is 2.39 bits per heavy atom. The minimum atomic E-state index is -0.782. The number of thiazole rings is 1. The number of amides is 1. The predicted molar refractivity (Wildman–Crippen MR) is 124 cm³/mol. The van der Waals surface area contributed by atoms with Gasteiger partial charge < -0.3 is 0 Å². The zero-order valence-electron chi connectivity index (χ0n) is 17.0. The van der Waals surface area contributed by atoms with Crippen LogP contribution >= 0.6 is 22.9 Å². The standard InChI is InChI=1S/C21H14ClN5O5S/c1-12-17(22)5-6-18-19(12)24-21(33-18)25(11-14-4-2-3-7-23-14)20(28)13-8-15(26(29)30)10-16(9-13)27(31)32/h2-10H,11H2,1H3. The van der Waals surface area contributed by atoms with Gasteiger partial charge in [0.25, 0.3) is 17.3 Å². The van der Waals surface area contributed by atoms with Crippen molar-refractivity contribution in [2.24, 2.45) is 0 Å². The van der Waals surface area contributed by atoms with Gasteiger partial charge in [0.05, 0.1) is 43.9 Å². The maximum absolute atomic E-state index is 13.5. The summed E-state index contributed by atoms with van der Waals surface area (Å²) in [5, 5.41) is 23.4. The van der Waals surface area contributed by atoms with E-state index in [4.69, 9.17) is 11.6 Å². The number of carbonyl (C=O) groups is 1. The molecule has 1 amide bonds. The van der Waals surface area contributed by atoms with Crippen LogP contribution in [0.5, 0.6) is 0 Å². The predicted octanol–water partition coefficient (Wildman–Crippen LogP) is 5.32. The third kappa shape index (κ3) is 4.49. The molecule has 10 nitrogen and oxygen atoms in total. The van der Waals surface area contributed by atoms with Gasteiger partial charge in [0.2, 0.25) is 0 Å². The van der Waals surface area contributed by atoms with E-state index in [0.29, 0.717) is 21.4 Å². The van der Waals surface area contributed by atoms with Crippen LogP contribution < -0.4 is 4.90 Å². The Hall–Kier alpha value is -3.96. The van der Waals surface area contributed by atoms with Crippen LogP contribution in [0.15, 0.2) is 54.7 Å². The van der Waals surface area contributed by atoms with E-state index >= 15 is 0 Å². The molecule has 0 unspecified atom stereocenters. The first kappa shape index (κ1) is 22.2. The molecule has 0 aliphatic carbocycles. The first-order valence-corrected chi connectivity index (χ1v) is 10.7. The van der Waals surface area contributed by atoms with Gasteiger partial charge in [0, 0.05) is 23.4 Å². The summed E-state index contributed by atoms with van der Waals surface area (Å²) in [6, 6.07) is 11.5. The van der Waals surface area contributed by atoms with Crippen LogP contribution in [0.3, 0.4) is 0 Å². The van der Waals surface area contributed by atoms with Gasteiger partial charge in [-0.2, -0.15) is 0 Å². The monoisotopic (exact) mass is 483 g/mol. The van der Waals surface area contributed by atoms with E-state index in [-0.39, 0.29) is 12.1 Å². The molecule has 33 heavy (non-hydrogen) atoms. The minimum absolute atomic E-state index is 0.00274. The molecule has 0 aliphatic heterocycles. The van der Waals surface area contributed by atoms with Gasteiger partial charge >= 0.3 is 0 Å². The van der Waals surface area contributed by atoms with E-state index in [1.54, 1.807) is 36.5 Å². The van der Waals surface area contributed by atoms with E-state index < -0.39 is 27.1 Å². The first-order chi connectivity index (χ1) is 15.7. The molecule has 2 aromatic heterocycles. The van der Waals surface area contributed by atoms with Crippen molar-refractivity contribution in [3.8, 4) is 0 Å². The quantitative estimate of drug-likeness (QED) is 0.268. The number of halogens is 1. The molecule has 0 bridgehead atoms. The molecule has 2 aromatic carbocycles. The Morgan fingerprint density at radius 1 is 1.09 bits per heavy atom. The largest absolute Gasteiger partial charge is 0.278 e. The van der Waals surface area contributed by atoms with Crippen molar-refractivity contribution in [1.82, 2.24) is 9.97 Å². The number of nitrogens with zero attached hydrogens (tertiary/aromatic N) is 5. The van der Waals surface area contributed by atoms with E-state index in [1.165, 1.54) is 16.2 Å². The summed E-state index contributed by atoms with van der Waals surface area (Å²) in [6.45, 7) is 1.81. The van der Waals surface area contributed by atoms with E-state index in [2.05, 4.69) is 9.97 Å². The Labute approximate surface area is 195 Å². The van der Waals surface area contributed by atoms with Crippen LogP contribution in [-0.2, 0) is 6.54 Å². The second-order valence-corrected chi connectivity index (χ2v) is 8.40. The number of hydrogen-bond donors (Lipinski definition) is 0. The summed E-state index contributed by atoms with van der Waals surface area (Å²) >= 11 is 7.44. The van der Waals surface area contributed by atoms with Crippen LogP contribution in [-0.4, -0.2) is 25.7 Å². The normalized spacial score (nSPS) is 10.8. The number of nitro groups is 2. The van der Waals surface area contributed by atoms with Crippen molar-refractivity contribution >= 4 is 55.6 Å². The zero-order chi connectivity index (χ0) is 23.7. The maximum atomic E-state index is 13.5. The fourth-order valence-corrected chi connectivity index (χ4v) is 4.34. The van der Waals surface area contributed by atoms with E-state index in [9.17, 15) is 25.0 Å². The van der Waals surface area contributed by atoms with Gasteiger partial charge in [-0.15, -0.1) is 0 Å². The second kappa shape index (κ2) is 8.88. The summed E-state index contributed by atoms with van der Waals surface area (Å²) in [4.78, 5) is 44.7. The highest BCUT2D eigenvalue weighted by atomic mass is 35.5. The molecule has 12 heteroatoms. The number of anilines is 1. The smallest absolute Gasteiger partial charge is 0.277 e. The van der Waals surface area contributed by atoms with Gasteiger partial charge in [0.1, 0.15) is 0 Å². The second-order valence-electron chi connectivity index (χ2n) is 6.98. The molecule has 4 aromatic rings. The minimum Gasteiger partial charge on any atom is -0.278 e. The fraction of sp³-hybridized carbons (Fsp3) is 0.0952. The Bertz CT molecular complexity index is 1380. The molecule has 0 atom stereocenters. The Morgan fingerprint density at radius 2 is 1.79 bits per heavy atom. The fourth-order valence-electron chi connectivity index (χ4n) is 3.17. The van der Waals surface area contributed by atoms with Crippen molar-refractivity contribution in [2.45, 2.75) is 13.5 Å². The van der Waals surface area contributed by atoms with Gasteiger partial charge in [-0.05, 0) is 36.8 Å². The molecule has 0 N–H and O–H groups in total. The highest BCUT2D eigenvalue weighted by Crippen LogP contribution is 2.35. The number of hydrogen-bond acceptors (Lipinski definition) is 8. The molecule has 166 valence electrons. The summed E-state index contributed by atoms with van der Waals surface area (Å²) in [7, 11) is 0. The van der Waals surface area contributed by atoms with Crippen molar-refractivity contribution in [2.75, 3.05) is 4.90 Å². The average Bonchev–Trinajstić information content (AvgIpc) is 3.24. The molecule has 0 fully saturated rings. The molecule has 2 heterocycles. The van der Waals surface area contributed by atoms with Crippen molar-refractivity contribution in [1.29, 1.82) is 0 Å². The number of nitro benzene ring substituents is 2. The lowest BCUT2D eigenvalue weighted by Crippen LogP contribution is -2.30. The number of aromatic nitrogens is 2. The van der Waals surface area contributed by atoms with Crippen LogP contribution in [0.25, 0.3) is 10.2 Å². The number of benzene rings is 2. The van der Waals surface area contributed by atoms with Gasteiger partial charge in [-0.3, -0.25) is 34.9 Å². The van der Waals surface area contributed by atoms with Crippen molar-refractivity contribution in [3.05, 3.63) is 96.8 Å². The lowest BCUT2D eigenvalue weighted by atomic mass is 10.1. The SMILES string of the molecule is Cc1c(Cl)ccc2sc(N(Cc3ccccn3)C(=O)c3cc([N+](=O)[O-])cc([N+](=O)[O-])c3)nc12. The summed E-state index contributed by atoms with van der Waals surface area (Å²) in [6.07, 6.45) is 1.57. The summed E-state index contributed by atoms with van der Waals surface area (Å²) in [5.41, 5.74) is 0.578. The lowest BCUT2D eigenvalue weighted by molar-refractivity contribution is -0.394. The van der Waals surface area contributed by atoms with Gasteiger partial charge in [-0.1, -0.05) is 29.0 Å². The van der Waals surface area contributed by atoms with Crippen molar-refractivity contribution in [3.63, 3.8) is 0 Å². The molecule has 0 saturated heterocycles. The topological polar surface area (TPSA) is 132 Å². The highest BCUT2D eigenvalue weighted by molar-refractivity contribution is 7.22. The molecule has 4 rings (SSSR count). The Kier molecular flexibility index (Phi) is 5.99. The van der Waals surface area contributed by atoms with Crippen molar-refractivity contribution < 1.29 is 14.6 Å². The van der Waals surface area contributed by atoms with Crippen LogP contribution in [0.2, 0.25) is 5.02 Å². The lowest BCUT2D eigenvalue weighted by Gasteiger charge is -2.19. The molecular weight excluding hydrogens is 470 g/mol. The number of non-ortho nitro benzene ring substituents is 2. The molecule has 0 saturated carbocycles. The van der Waals surface area contributed by atoms with E-state index in [0.717, 1.165) is 28.5 Å². The Balaban J connectivity index is 1.85. The zero-order valence-corrected chi connectivity index (χ0v) is 18.5. The number of carbonyl (C=O) groups excluding carboxylic acids is 1. The summed E-state index contributed by atoms with van der Waals surface area (Å²) in [5.74, 6) is -0.685. The number of pyridine rings is 1. The number of fused-ring (bicyclic) bond motifs is 1. The van der Waals surface area contributed by atoms with Gasteiger partial charge in [0.15, 0.2) is 5.13 Å². The highest BCUT2D eigenvalue weighted by Gasteiger charge is 2.27. The van der Waals surface area contributed by atoms with Crippen LogP contribution in [0.1, 0.15) is 21.6 Å².